The Morgan fingerprint density at radius 1 is 1.36 bits per heavy atom. The van der Waals surface area contributed by atoms with Gasteiger partial charge in [0, 0.05) is 5.92 Å². The monoisotopic (exact) mass is 186 g/mol. The zero-order valence-electron chi connectivity index (χ0n) is 8.11. The molecule has 1 aliphatic carbocycles. The molecule has 1 aromatic rings. The fourth-order valence-electron chi connectivity index (χ4n) is 2.31. The second-order valence-electron chi connectivity index (χ2n) is 4.01. The molecule has 2 rings (SSSR count). The molecule has 0 amide bonds. The molecule has 2 heteroatoms. The highest BCUT2D eigenvalue weighted by molar-refractivity contribution is 5.30. The molecule has 0 bridgehead atoms. The summed E-state index contributed by atoms with van der Waals surface area (Å²) in [7, 11) is 0. The normalized spacial score (nSPS) is 31.3. The zero-order valence-corrected chi connectivity index (χ0v) is 8.11. The van der Waals surface area contributed by atoms with E-state index < -0.39 is 5.54 Å². The maximum Gasteiger partial charge on any atom is 0.111 e. The summed E-state index contributed by atoms with van der Waals surface area (Å²) in [6, 6.07) is 12.4. The van der Waals surface area contributed by atoms with Crippen molar-refractivity contribution in [2.45, 2.75) is 30.7 Å². The van der Waals surface area contributed by atoms with Crippen LogP contribution in [0.4, 0.5) is 0 Å². The molecule has 2 N–H and O–H groups in total. The molecule has 0 spiro atoms. The highest BCUT2D eigenvalue weighted by Crippen LogP contribution is 2.40. The van der Waals surface area contributed by atoms with Crippen LogP contribution in [0.2, 0.25) is 0 Å². The zero-order chi connectivity index (χ0) is 10.0. The Balaban J connectivity index is 2.32. The van der Waals surface area contributed by atoms with E-state index in [9.17, 15) is 0 Å². The van der Waals surface area contributed by atoms with E-state index in [1.165, 1.54) is 5.56 Å². The maximum absolute atomic E-state index is 9.08. The van der Waals surface area contributed by atoms with Gasteiger partial charge in [-0.3, -0.25) is 0 Å². The molecular formula is C12H14N2. The molecule has 1 fully saturated rings. The number of nitriles is 1. The molecule has 0 aromatic heterocycles. The van der Waals surface area contributed by atoms with E-state index in [1.54, 1.807) is 0 Å². The number of rotatable bonds is 1. The predicted molar refractivity (Wildman–Crippen MR) is 55.6 cm³/mol. The Labute approximate surface area is 84.3 Å². The van der Waals surface area contributed by atoms with Crippen LogP contribution in [0.1, 0.15) is 30.7 Å². The molecular weight excluding hydrogens is 172 g/mol. The first kappa shape index (κ1) is 9.23. The van der Waals surface area contributed by atoms with Gasteiger partial charge in [-0.2, -0.15) is 5.26 Å². The molecule has 2 nitrogen and oxygen atoms in total. The first-order valence-corrected chi connectivity index (χ1v) is 5.01. The van der Waals surface area contributed by atoms with Gasteiger partial charge in [0.25, 0.3) is 0 Å². The highest BCUT2D eigenvalue weighted by Gasteiger charge is 2.40. The van der Waals surface area contributed by atoms with Crippen molar-refractivity contribution < 1.29 is 0 Å². The Hall–Kier alpha value is -1.33. The smallest absolute Gasteiger partial charge is 0.111 e. The molecule has 72 valence electrons. The molecule has 1 aromatic carbocycles. The van der Waals surface area contributed by atoms with Gasteiger partial charge in [-0.05, 0) is 24.8 Å². The number of hydrogen-bond acceptors (Lipinski definition) is 2. The lowest BCUT2D eigenvalue weighted by Gasteiger charge is -2.23. The summed E-state index contributed by atoms with van der Waals surface area (Å²) in [4.78, 5) is 0. The summed E-state index contributed by atoms with van der Waals surface area (Å²) >= 11 is 0. The fraction of sp³-hybridized carbons (Fsp3) is 0.417. The van der Waals surface area contributed by atoms with Crippen molar-refractivity contribution in [1.82, 2.24) is 0 Å². The average molecular weight is 186 g/mol. The van der Waals surface area contributed by atoms with Crippen LogP contribution in [0.25, 0.3) is 0 Å². The van der Waals surface area contributed by atoms with Crippen LogP contribution in [0.5, 0.6) is 0 Å². The van der Waals surface area contributed by atoms with Gasteiger partial charge in [0.15, 0.2) is 0 Å². The van der Waals surface area contributed by atoms with Gasteiger partial charge in [-0.1, -0.05) is 30.3 Å². The van der Waals surface area contributed by atoms with Crippen molar-refractivity contribution in [2.75, 3.05) is 0 Å². The lowest BCUT2D eigenvalue weighted by molar-refractivity contribution is 0.497. The third-order valence-corrected chi connectivity index (χ3v) is 3.12. The van der Waals surface area contributed by atoms with Crippen LogP contribution < -0.4 is 5.73 Å². The first-order valence-electron chi connectivity index (χ1n) is 5.01. The fourth-order valence-corrected chi connectivity index (χ4v) is 2.31. The molecule has 0 saturated heterocycles. The van der Waals surface area contributed by atoms with E-state index in [0.29, 0.717) is 0 Å². The van der Waals surface area contributed by atoms with E-state index in [1.807, 2.05) is 18.2 Å². The molecule has 0 aliphatic heterocycles. The van der Waals surface area contributed by atoms with Crippen molar-refractivity contribution >= 4 is 0 Å². The minimum absolute atomic E-state index is 0.216. The van der Waals surface area contributed by atoms with Crippen LogP contribution in [-0.4, -0.2) is 5.54 Å². The van der Waals surface area contributed by atoms with E-state index in [-0.39, 0.29) is 5.92 Å². The average Bonchev–Trinajstić information content (AvgIpc) is 2.63. The number of nitrogens with two attached hydrogens (primary N) is 1. The van der Waals surface area contributed by atoms with Gasteiger partial charge in [-0.15, -0.1) is 0 Å². The van der Waals surface area contributed by atoms with Crippen molar-refractivity contribution in [3.05, 3.63) is 35.9 Å². The summed E-state index contributed by atoms with van der Waals surface area (Å²) in [6.07, 6.45) is 2.92. The van der Waals surface area contributed by atoms with Gasteiger partial charge >= 0.3 is 0 Å². The Morgan fingerprint density at radius 3 is 2.71 bits per heavy atom. The van der Waals surface area contributed by atoms with Crippen LogP contribution in [0.3, 0.4) is 0 Å². The third kappa shape index (κ3) is 1.40. The van der Waals surface area contributed by atoms with Gasteiger partial charge in [-0.25, -0.2) is 0 Å². The minimum Gasteiger partial charge on any atom is -0.313 e. The third-order valence-electron chi connectivity index (χ3n) is 3.12. The topological polar surface area (TPSA) is 49.8 Å². The Morgan fingerprint density at radius 2 is 2.07 bits per heavy atom. The Kier molecular flexibility index (Phi) is 2.26. The van der Waals surface area contributed by atoms with Crippen LogP contribution in [-0.2, 0) is 0 Å². The highest BCUT2D eigenvalue weighted by atomic mass is 14.8. The summed E-state index contributed by atoms with van der Waals surface area (Å²) in [6.45, 7) is 0. The van der Waals surface area contributed by atoms with Crippen LogP contribution in [0, 0.1) is 11.3 Å². The van der Waals surface area contributed by atoms with Crippen LogP contribution >= 0.6 is 0 Å². The second kappa shape index (κ2) is 3.43. The molecule has 14 heavy (non-hydrogen) atoms. The Bertz CT molecular complexity index is 352. The predicted octanol–water partition coefficient (Wildman–Crippen LogP) is 2.18. The summed E-state index contributed by atoms with van der Waals surface area (Å²) in [5.74, 6) is 0.216. The van der Waals surface area contributed by atoms with Crippen molar-refractivity contribution in [2.24, 2.45) is 5.73 Å². The van der Waals surface area contributed by atoms with Gasteiger partial charge in [0.05, 0.1) is 6.07 Å². The van der Waals surface area contributed by atoms with Gasteiger partial charge in [0.1, 0.15) is 5.54 Å². The van der Waals surface area contributed by atoms with Gasteiger partial charge in [0.2, 0.25) is 0 Å². The standard InChI is InChI=1S/C12H14N2/c13-9-12(14)8-4-7-11(12)10-5-2-1-3-6-10/h1-3,5-6,11H,4,7-8,14H2. The largest absolute Gasteiger partial charge is 0.313 e. The van der Waals surface area contributed by atoms with Crippen molar-refractivity contribution in [3.63, 3.8) is 0 Å². The maximum atomic E-state index is 9.08. The second-order valence-corrected chi connectivity index (χ2v) is 4.01. The lowest BCUT2D eigenvalue weighted by Crippen LogP contribution is -2.40. The van der Waals surface area contributed by atoms with E-state index >= 15 is 0 Å². The van der Waals surface area contributed by atoms with E-state index in [2.05, 4.69) is 18.2 Å². The first-order chi connectivity index (χ1) is 6.76. The summed E-state index contributed by atoms with van der Waals surface area (Å²) in [5.41, 5.74) is 6.64. The summed E-state index contributed by atoms with van der Waals surface area (Å²) in [5, 5.41) is 9.08. The number of hydrogen-bond donors (Lipinski definition) is 1. The molecule has 0 heterocycles. The molecule has 2 unspecified atom stereocenters. The minimum atomic E-state index is -0.638. The van der Waals surface area contributed by atoms with Crippen LogP contribution in [0.15, 0.2) is 30.3 Å². The molecule has 1 saturated carbocycles. The molecule has 2 atom stereocenters. The summed E-state index contributed by atoms with van der Waals surface area (Å²) < 4.78 is 0. The molecule has 0 radical (unpaired) electrons. The number of nitrogens with zero attached hydrogens (tertiary/aromatic N) is 1. The van der Waals surface area contributed by atoms with Gasteiger partial charge < -0.3 is 5.73 Å². The lowest BCUT2D eigenvalue weighted by atomic mass is 9.84. The SMILES string of the molecule is N#CC1(N)CCCC1c1ccccc1. The van der Waals surface area contributed by atoms with E-state index in [0.717, 1.165) is 19.3 Å². The van der Waals surface area contributed by atoms with E-state index in [4.69, 9.17) is 11.0 Å². The van der Waals surface area contributed by atoms with Crippen molar-refractivity contribution in [3.8, 4) is 6.07 Å². The molecule has 1 aliphatic rings. The quantitative estimate of drug-likeness (QED) is 0.730. The number of benzene rings is 1. The van der Waals surface area contributed by atoms with Crippen molar-refractivity contribution in [1.29, 1.82) is 5.26 Å².